The van der Waals surface area contributed by atoms with Crippen LogP contribution in [0.3, 0.4) is 0 Å². The highest BCUT2D eigenvalue weighted by Gasteiger charge is 2.21. The van der Waals surface area contributed by atoms with Crippen LogP contribution in [0.5, 0.6) is 0 Å². The van der Waals surface area contributed by atoms with Crippen LogP contribution in [0.15, 0.2) is 24.5 Å². The molecule has 0 aliphatic carbocycles. The van der Waals surface area contributed by atoms with E-state index in [1.54, 1.807) is 17.7 Å². The molecule has 0 unspecified atom stereocenters. The van der Waals surface area contributed by atoms with Gasteiger partial charge in [0.15, 0.2) is 0 Å². The number of carbonyl (C=O) groups excluding carboxylic acids is 1. The van der Waals surface area contributed by atoms with Crippen LogP contribution in [0.4, 0.5) is 10.5 Å². The minimum absolute atomic E-state index is 0.0681. The summed E-state index contributed by atoms with van der Waals surface area (Å²) in [5.41, 5.74) is 1.74. The van der Waals surface area contributed by atoms with Gasteiger partial charge < -0.3 is 10.6 Å². The van der Waals surface area contributed by atoms with Crippen molar-refractivity contribution in [1.82, 2.24) is 25.1 Å². The van der Waals surface area contributed by atoms with Crippen molar-refractivity contribution in [2.75, 3.05) is 5.32 Å². The van der Waals surface area contributed by atoms with E-state index < -0.39 is 0 Å². The van der Waals surface area contributed by atoms with Crippen molar-refractivity contribution in [3.05, 3.63) is 35.4 Å². The molecule has 7 nitrogen and oxygen atoms in total. The molecule has 0 radical (unpaired) electrons. The van der Waals surface area contributed by atoms with Gasteiger partial charge in [-0.2, -0.15) is 5.10 Å². The molecule has 0 bridgehead atoms. The van der Waals surface area contributed by atoms with Crippen LogP contribution in [-0.4, -0.2) is 31.8 Å². The van der Waals surface area contributed by atoms with Crippen LogP contribution >= 0.6 is 11.3 Å². The second-order valence-corrected chi connectivity index (χ2v) is 6.84. The Morgan fingerprint density at radius 3 is 3.26 bits per heavy atom. The summed E-state index contributed by atoms with van der Waals surface area (Å²) in [5.74, 6) is 0.981. The summed E-state index contributed by atoms with van der Waals surface area (Å²) in [6, 6.07) is 5.63. The smallest absolute Gasteiger partial charge is 0.319 e. The van der Waals surface area contributed by atoms with Crippen molar-refractivity contribution in [3.8, 4) is 0 Å². The average Bonchev–Trinajstić information content (AvgIpc) is 3.11. The number of hydrogen-bond donors (Lipinski definition) is 2. The van der Waals surface area contributed by atoms with E-state index in [1.165, 1.54) is 0 Å². The summed E-state index contributed by atoms with van der Waals surface area (Å²) in [6.45, 7) is 2.64. The van der Waals surface area contributed by atoms with E-state index in [4.69, 9.17) is 0 Å². The molecule has 1 aliphatic heterocycles. The maximum absolute atomic E-state index is 12.2. The van der Waals surface area contributed by atoms with Gasteiger partial charge in [0.25, 0.3) is 0 Å². The third-order valence-corrected chi connectivity index (χ3v) is 4.83. The van der Waals surface area contributed by atoms with Crippen LogP contribution in [0.1, 0.15) is 17.3 Å². The normalized spacial score (nSPS) is 17.0. The first-order valence-corrected chi connectivity index (χ1v) is 8.30. The van der Waals surface area contributed by atoms with Crippen molar-refractivity contribution in [1.29, 1.82) is 0 Å². The van der Waals surface area contributed by atoms with Crippen molar-refractivity contribution >= 4 is 33.3 Å². The highest BCUT2D eigenvalue weighted by atomic mass is 32.1. The van der Waals surface area contributed by atoms with Crippen LogP contribution in [-0.2, 0) is 13.0 Å². The molecule has 1 atom stereocenters. The molecule has 0 spiro atoms. The van der Waals surface area contributed by atoms with E-state index in [1.807, 2.05) is 29.8 Å². The number of amides is 2. The number of hydrogen-bond acceptors (Lipinski definition) is 5. The molecule has 3 heterocycles. The fourth-order valence-corrected chi connectivity index (χ4v) is 3.69. The lowest BCUT2D eigenvalue weighted by atomic mass is 10.1. The summed E-state index contributed by atoms with van der Waals surface area (Å²) < 4.78 is 2.92. The van der Waals surface area contributed by atoms with Crippen molar-refractivity contribution in [2.24, 2.45) is 0 Å². The first kappa shape index (κ1) is 14.1. The lowest BCUT2D eigenvalue weighted by Gasteiger charge is -2.23. The summed E-state index contributed by atoms with van der Waals surface area (Å²) in [4.78, 5) is 20.8. The van der Waals surface area contributed by atoms with Crippen molar-refractivity contribution in [2.45, 2.75) is 32.4 Å². The molecule has 1 aliphatic rings. The molecular weight excluding hydrogens is 312 g/mol. The van der Waals surface area contributed by atoms with Crippen molar-refractivity contribution in [3.63, 3.8) is 0 Å². The first-order valence-electron chi connectivity index (χ1n) is 7.49. The Morgan fingerprint density at radius 2 is 2.35 bits per heavy atom. The predicted molar refractivity (Wildman–Crippen MR) is 88.6 cm³/mol. The maximum Gasteiger partial charge on any atom is 0.319 e. The first-order chi connectivity index (χ1) is 11.2. The Bertz CT molecular complexity index is 870. The second-order valence-electron chi connectivity index (χ2n) is 5.61. The molecule has 3 aromatic rings. The fraction of sp³-hybridized carbons (Fsp3) is 0.333. The lowest BCUT2D eigenvalue weighted by molar-refractivity contribution is 0.243. The summed E-state index contributed by atoms with van der Waals surface area (Å²) in [7, 11) is 0. The fourth-order valence-electron chi connectivity index (χ4n) is 2.83. The molecule has 0 saturated carbocycles. The predicted octanol–water partition coefficient (Wildman–Crippen LogP) is 2.33. The summed E-state index contributed by atoms with van der Waals surface area (Å²) >= 11 is 1.62. The highest BCUT2D eigenvalue weighted by molar-refractivity contribution is 7.18. The van der Waals surface area contributed by atoms with E-state index in [-0.39, 0.29) is 12.1 Å². The van der Waals surface area contributed by atoms with E-state index in [0.29, 0.717) is 6.54 Å². The van der Waals surface area contributed by atoms with E-state index in [0.717, 1.165) is 39.6 Å². The molecule has 23 heavy (non-hydrogen) atoms. The zero-order chi connectivity index (χ0) is 15.8. The van der Waals surface area contributed by atoms with Crippen LogP contribution in [0.25, 0.3) is 10.2 Å². The second kappa shape index (κ2) is 5.62. The Labute approximate surface area is 136 Å². The number of nitrogens with one attached hydrogen (secondary N) is 2. The van der Waals surface area contributed by atoms with Crippen LogP contribution in [0.2, 0.25) is 0 Å². The minimum Gasteiger partial charge on any atom is -0.333 e. The number of thiazole rings is 1. The van der Waals surface area contributed by atoms with Gasteiger partial charge in [-0.25, -0.2) is 19.4 Å². The Kier molecular flexibility index (Phi) is 3.45. The number of nitrogens with zero attached hydrogens (tertiary/aromatic N) is 4. The topological polar surface area (TPSA) is 84.7 Å². The third-order valence-electron chi connectivity index (χ3n) is 3.89. The number of aromatic nitrogens is 4. The van der Waals surface area contributed by atoms with E-state index >= 15 is 0 Å². The molecule has 2 amide bonds. The van der Waals surface area contributed by atoms with Gasteiger partial charge in [-0.3, -0.25) is 0 Å². The van der Waals surface area contributed by atoms with Crippen LogP contribution in [0, 0.1) is 6.92 Å². The molecule has 2 N–H and O–H groups in total. The Hall–Kier alpha value is -2.48. The number of rotatable bonds is 2. The van der Waals surface area contributed by atoms with Crippen LogP contribution < -0.4 is 10.6 Å². The Morgan fingerprint density at radius 1 is 1.43 bits per heavy atom. The molecule has 8 heteroatoms. The van der Waals surface area contributed by atoms with Gasteiger partial charge in [0.1, 0.15) is 12.2 Å². The van der Waals surface area contributed by atoms with Gasteiger partial charge in [-0.05, 0) is 31.5 Å². The van der Waals surface area contributed by atoms with Gasteiger partial charge in [0, 0.05) is 12.1 Å². The maximum atomic E-state index is 12.2. The monoisotopic (exact) mass is 328 g/mol. The van der Waals surface area contributed by atoms with Gasteiger partial charge in [0.05, 0.1) is 27.8 Å². The zero-order valence-electron chi connectivity index (χ0n) is 12.6. The Balaban J connectivity index is 1.41. The quantitative estimate of drug-likeness (QED) is 0.756. The third kappa shape index (κ3) is 2.89. The van der Waals surface area contributed by atoms with Gasteiger partial charge in [-0.15, -0.1) is 11.3 Å². The molecule has 0 saturated heterocycles. The number of carbonyl (C=O) groups is 1. The number of fused-ring (bicyclic) bond motifs is 2. The molecule has 0 fully saturated rings. The summed E-state index contributed by atoms with van der Waals surface area (Å²) in [6.07, 6.45) is 3.26. The molecular formula is C15H16N6OS. The molecule has 118 valence electrons. The van der Waals surface area contributed by atoms with Gasteiger partial charge >= 0.3 is 6.03 Å². The number of urea groups is 1. The van der Waals surface area contributed by atoms with E-state index in [2.05, 4.69) is 25.7 Å². The molecule has 2 aromatic heterocycles. The lowest BCUT2D eigenvalue weighted by Crippen LogP contribution is -2.43. The number of benzene rings is 1. The highest BCUT2D eigenvalue weighted by Crippen LogP contribution is 2.24. The molecule has 1 aromatic carbocycles. The largest absolute Gasteiger partial charge is 0.333 e. The number of aryl methyl sites for hydroxylation is 2. The number of anilines is 1. The minimum atomic E-state index is -0.195. The zero-order valence-corrected chi connectivity index (χ0v) is 13.4. The van der Waals surface area contributed by atoms with Gasteiger partial charge in [0.2, 0.25) is 0 Å². The molecule has 4 rings (SSSR count). The van der Waals surface area contributed by atoms with Gasteiger partial charge in [-0.1, -0.05) is 0 Å². The summed E-state index contributed by atoms with van der Waals surface area (Å²) in [5, 5.41) is 11.1. The van der Waals surface area contributed by atoms with Crippen molar-refractivity contribution < 1.29 is 4.79 Å². The SMILES string of the molecule is Cc1nc2ccc(NC(=O)N[C@H]3CCc4ncnn4C3)cc2s1. The van der Waals surface area contributed by atoms with E-state index in [9.17, 15) is 4.79 Å². The standard InChI is InChI=1S/C15H16N6OS/c1-9-18-12-4-2-10(6-13(12)23-9)19-15(22)20-11-3-5-14-16-8-17-21(14)7-11/h2,4,6,8,11H,3,5,7H2,1H3,(H2,19,20,22)/t11-/m0/s1. The average molecular weight is 328 g/mol.